The van der Waals surface area contributed by atoms with Gasteiger partial charge in [-0.15, -0.1) is 0 Å². The van der Waals surface area contributed by atoms with Crippen LogP contribution in [0, 0.1) is 5.82 Å². The Morgan fingerprint density at radius 1 is 1.42 bits per heavy atom. The first-order chi connectivity index (χ1) is 5.86. The molecule has 0 amide bonds. The van der Waals surface area contributed by atoms with E-state index in [1.165, 1.54) is 6.07 Å². The summed E-state index contributed by atoms with van der Waals surface area (Å²) in [5, 5.41) is 0. The number of aromatic nitrogens is 1. The molecule has 0 saturated carbocycles. The molecule has 0 aliphatic carbocycles. The van der Waals surface area contributed by atoms with Gasteiger partial charge in [0.1, 0.15) is 11.6 Å². The van der Waals surface area contributed by atoms with Crippen LogP contribution in [-0.4, -0.2) is 4.98 Å². The van der Waals surface area contributed by atoms with Gasteiger partial charge in [-0.05, 0) is 18.2 Å². The zero-order valence-corrected chi connectivity index (χ0v) is 6.38. The summed E-state index contributed by atoms with van der Waals surface area (Å²) in [7, 11) is 0. The van der Waals surface area contributed by atoms with Crippen molar-refractivity contribution in [2.24, 2.45) is 0 Å². The summed E-state index contributed by atoms with van der Waals surface area (Å²) in [5.41, 5.74) is 0.560. The molecule has 0 spiro atoms. The maximum absolute atomic E-state index is 12.9. The van der Waals surface area contributed by atoms with Crippen molar-refractivity contribution in [2.75, 3.05) is 0 Å². The first-order valence-corrected chi connectivity index (χ1v) is 3.70. The van der Waals surface area contributed by atoms with Crippen LogP contribution in [0.2, 0.25) is 0 Å². The highest BCUT2D eigenvalue weighted by atomic mass is 19.1. The Bertz CT molecular complexity index is 350. The average Bonchev–Trinajstić information content (AvgIpc) is 2.65. The molecule has 2 rings (SSSR count). The SMILES string of the molecule is Fc1cc[nH]c1Cc1ccco1. The van der Waals surface area contributed by atoms with Crippen LogP contribution in [0.4, 0.5) is 4.39 Å². The first kappa shape index (κ1) is 7.16. The van der Waals surface area contributed by atoms with Crippen LogP contribution in [0.5, 0.6) is 0 Å². The number of nitrogens with one attached hydrogen (secondary N) is 1. The van der Waals surface area contributed by atoms with Crippen molar-refractivity contribution in [2.45, 2.75) is 6.42 Å². The van der Waals surface area contributed by atoms with Gasteiger partial charge in [0.25, 0.3) is 0 Å². The van der Waals surface area contributed by atoms with Crippen molar-refractivity contribution in [3.63, 3.8) is 0 Å². The molecule has 0 bridgehead atoms. The van der Waals surface area contributed by atoms with E-state index in [1.54, 1.807) is 18.5 Å². The molecule has 0 radical (unpaired) electrons. The van der Waals surface area contributed by atoms with Gasteiger partial charge in [-0.3, -0.25) is 0 Å². The van der Waals surface area contributed by atoms with Crippen LogP contribution in [0.1, 0.15) is 11.5 Å². The van der Waals surface area contributed by atoms with Crippen molar-refractivity contribution >= 4 is 0 Å². The number of hydrogen-bond acceptors (Lipinski definition) is 1. The van der Waals surface area contributed by atoms with Crippen molar-refractivity contribution in [1.82, 2.24) is 4.98 Å². The van der Waals surface area contributed by atoms with E-state index in [2.05, 4.69) is 4.98 Å². The third-order valence-electron chi connectivity index (χ3n) is 1.71. The minimum Gasteiger partial charge on any atom is -0.469 e. The first-order valence-electron chi connectivity index (χ1n) is 3.70. The molecule has 0 atom stereocenters. The zero-order chi connectivity index (χ0) is 8.39. The fourth-order valence-electron chi connectivity index (χ4n) is 1.11. The maximum Gasteiger partial charge on any atom is 0.144 e. The highest BCUT2D eigenvalue weighted by Crippen LogP contribution is 2.11. The fourth-order valence-corrected chi connectivity index (χ4v) is 1.11. The van der Waals surface area contributed by atoms with Gasteiger partial charge in [0.2, 0.25) is 0 Å². The van der Waals surface area contributed by atoms with Gasteiger partial charge in [-0.1, -0.05) is 0 Å². The minimum atomic E-state index is -0.216. The quantitative estimate of drug-likeness (QED) is 0.727. The fraction of sp³-hybridized carbons (Fsp3) is 0.111. The Hall–Kier alpha value is -1.51. The molecule has 0 saturated heterocycles. The Balaban J connectivity index is 2.20. The van der Waals surface area contributed by atoms with Crippen LogP contribution in [0.3, 0.4) is 0 Å². The summed E-state index contributed by atoms with van der Waals surface area (Å²) < 4.78 is 17.9. The van der Waals surface area contributed by atoms with E-state index in [0.29, 0.717) is 12.1 Å². The molecule has 0 aliphatic heterocycles. The molecule has 3 heteroatoms. The van der Waals surface area contributed by atoms with Gasteiger partial charge in [0.05, 0.1) is 12.0 Å². The zero-order valence-electron chi connectivity index (χ0n) is 6.38. The summed E-state index contributed by atoms with van der Waals surface area (Å²) in [6.07, 6.45) is 3.63. The number of aromatic amines is 1. The van der Waals surface area contributed by atoms with Crippen LogP contribution < -0.4 is 0 Å². The molecule has 0 fully saturated rings. The second kappa shape index (κ2) is 2.85. The van der Waals surface area contributed by atoms with Gasteiger partial charge in [0, 0.05) is 12.6 Å². The van der Waals surface area contributed by atoms with Crippen molar-refractivity contribution in [3.8, 4) is 0 Å². The average molecular weight is 165 g/mol. The molecular weight excluding hydrogens is 157 g/mol. The predicted molar refractivity (Wildman–Crippen MR) is 42.3 cm³/mol. The van der Waals surface area contributed by atoms with E-state index in [0.717, 1.165) is 5.76 Å². The Labute approximate surface area is 69.0 Å². The molecule has 2 aromatic rings. The predicted octanol–water partition coefficient (Wildman–Crippen LogP) is 2.34. The second-order valence-electron chi connectivity index (χ2n) is 2.56. The summed E-state index contributed by atoms with van der Waals surface area (Å²) in [6.45, 7) is 0. The molecule has 0 aliphatic rings. The molecule has 62 valence electrons. The molecule has 12 heavy (non-hydrogen) atoms. The van der Waals surface area contributed by atoms with Crippen molar-refractivity contribution in [3.05, 3.63) is 47.9 Å². The standard InChI is InChI=1S/C9H8FNO/c10-8-3-4-11-9(8)6-7-2-1-5-12-7/h1-5,11H,6H2. The van der Waals surface area contributed by atoms with Crippen LogP contribution >= 0.6 is 0 Å². The van der Waals surface area contributed by atoms with E-state index in [9.17, 15) is 4.39 Å². The van der Waals surface area contributed by atoms with Crippen molar-refractivity contribution < 1.29 is 8.81 Å². The van der Waals surface area contributed by atoms with Gasteiger partial charge in [-0.2, -0.15) is 0 Å². The lowest BCUT2D eigenvalue weighted by atomic mass is 10.2. The van der Waals surface area contributed by atoms with Crippen molar-refractivity contribution in [1.29, 1.82) is 0 Å². The molecule has 1 N–H and O–H groups in total. The molecule has 0 aromatic carbocycles. The number of hydrogen-bond donors (Lipinski definition) is 1. The van der Waals surface area contributed by atoms with E-state index < -0.39 is 0 Å². The molecule has 2 heterocycles. The smallest absolute Gasteiger partial charge is 0.144 e. The third kappa shape index (κ3) is 1.25. The number of furan rings is 1. The molecule has 0 unspecified atom stereocenters. The largest absolute Gasteiger partial charge is 0.469 e. The Morgan fingerprint density at radius 3 is 2.92 bits per heavy atom. The minimum absolute atomic E-state index is 0.216. The number of rotatable bonds is 2. The number of halogens is 1. The van der Waals surface area contributed by atoms with E-state index in [1.807, 2.05) is 6.07 Å². The summed E-state index contributed by atoms with van der Waals surface area (Å²) in [4.78, 5) is 2.81. The monoisotopic (exact) mass is 165 g/mol. The van der Waals surface area contributed by atoms with Gasteiger partial charge < -0.3 is 9.40 Å². The van der Waals surface area contributed by atoms with Gasteiger partial charge >= 0.3 is 0 Å². The molecular formula is C9H8FNO. The van der Waals surface area contributed by atoms with Gasteiger partial charge in [-0.25, -0.2) is 4.39 Å². The third-order valence-corrected chi connectivity index (χ3v) is 1.71. The van der Waals surface area contributed by atoms with E-state index in [-0.39, 0.29) is 5.82 Å². The summed E-state index contributed by atoms with van der Waals surface area (Å²) in [5.74, 6) is 0.544. The Morgan fingerprint density at radius 2 is 2.33 bits per heavy atom. The lowest BCUT2D eigenvalue weighted by Crippen LogP contribution is -1.88. The Kier molecular flexibility index (Phi) is 1.70. The highest BCUT2D eigenvalue weighted by Gasteiger charge is 2.04. The van der Waals surface area contributed by atoms with E-state index in [4.69, 9.17) is 4.42 Å². The molecule has 2 aromatic heterocycles. The summed E-state index contributed by atoms with van der Waals surface area (Å²) >= 11 is 0. The van der Waals surface area contributed by atoms with Gasteiger partial charge in [0.15, 0.2) is 0 Å². The van der Waals surface area contributed by atoms with Crippen LogP contribution in [0.15, 0.2) is 35.1 Å². The lowest BCUT2D eigenvalue weighted by molar-refractivity contribution is 0.513. The highest BCUT2D eigenvalue weighted by molar-refractivity contribution is 5.14. The maximum atomic E-state index is 12.9. The van der Waals surface area contributed by atoms with E-state index >= 15 is 0 Å². The summed E-state index contributed by atoms with van der Waals surface area (Å²) in [6, 6.07) is 5.01. The molecule has 2 nitrogen and oxygen atoms in total. The van der Waals surface area contributed by atoms with Crippen LogP contribution in [-0.2, 0) is 6.42 Å². The van der Waals surface area contributed by atoms with Crippen LogP contribution in [0.25, 0.3) is 0 Å². The normalized spacial score (nSPS) is 10.4. The number of H-pyrrole nitrogens is 1. The topological polar surface area (TPSA) is 28.9 Å². The lowest BCUT2D eigenvalue weighted by Gasteiger charge is -1.93. The second-order valence-corrected chi connectivity index (χ2v) is 2.56.